The zero-order valence-corrected chi connectivity index (χ0v) is 12.3. The van der Waals surface area contributed by atoms with E-state index in [1.54, 1.807) is 0 Å². The highest BCUT2D eigenvalue weighted by Crippen LogP contribution is 2.52. The van der Waals surface area contributed by atoms with Gasteiger partial charge in [0.15, 0.2) is 0 Å². The van der Waals surface area contributed by atoms with Crippen LogP contribution in [0.3, 0.4) is 0 Å². The predicted octanol–water partition coefficient (Wildman–Crippen LogP) is 4.35. The van der Waals surface area contributed by atoms with Gasteiger partial charge < -0.3 is 9.47 Å². The molecule has 1 fully saturated rings. The van der Waals surface area contributed by atoms with Crippen LogP contribution in [0.4, 0.5) is 0 Å². The SMILES string of the molecule is CC(C)CC1CC2C(O1)c1ccccc1OC2(C)C. The second kappa shape index (κ2) is 4.52. The Morgan fingerprint density at radius 3 is 2.74 bits per heavy atom. The summed E-state index contributed by atoms with van der Waals surface area (Å²) in [5.74, 6) is 2.15. The molecule has 3 atom stereocenters. The first-order valence-corrected chi connectivity index (χ1v) is 7.41. The summed E-state index contributed by atoms with van der Waals surface area (Å²) in [6, 6.07) is 8.33. The number of rotatable bonds is 2. The van der Waals surface area contributed by atoms with Gasteiger partial charge in [-0.1, -0.05) is 32.0 Å². The van der Waals surface area contributed by atoms with E-state index in [1.165, 1.54) is 5.56 Å². The smallest absolute Gasteiger partial charge is 0.125 e. The third-order valence-electron chi connectivity index (χ3n) is 4.45. The third kappa shape index (κ3) is 2.27. The Balaban J connectivity index is 1.91. The molecule has 1 aromatic carbocycles. The van der Waals surface area contributed by atoms with Crippen LogP contribution in [0, 0.1) is 11.8 Å². The summed E-state index contributed by atoms with van der Waals surface area (Å²) >= 11 is 0. The highest BCUT2D eigenvalue weighted by atomic mass is 16.5. The minimum absolute atomic E-state index is 0.134. The summed E-state index contributed by atoms with van der Waals surface area (Å²) in [7, 11) is 0. The van der Waals surface area contributed by atoms with Gasteiger partial charge in [0, 0.05) is 11.5 Å². The molecular weight excluding hydrogens is 236 g/mol. The van der Waals surface area contributed by atoms with Gasteiger partial charge in [-0.15, -0.1) is 0 Å². The molecule has 104 valence electrons. The van der Waals surface area contributed by atoms with Crippen LogP contribution in [0.5, 0.6) is 5.75 Å². The first-order valence-electron chi connectivity index (χ1n) is 7.41. The van der Waals surface area contributed by atoms with Gasteiger partial charge in [-0.2, -0.15) is 0 Å². The van der Waals surface area contributed by atoms with Crippen LogP contribution in [0.1, 0.15) is 52.2 Å². The zero-order chi connectivity index (χ0) is 13.6. The van der Waals surface area contributed by atoms with Crippen LogP contribution < -0.4 is 4.74 Å². The van der Waals surface area contributed by atoms with Crippen molar-refractivity contribution in [1.29, 1.82) is 0 Å². The molecule has 2 nitrogen and oxygen atoms in total. The maximum Gasteiger partial charge on any atom is 0.125 e. The van der Waals surface area contributed by atoms with Gasteiger partial charge in [0.1, 0.15) is 11.4 Å². The van der Waals surface area contributed by atoms with Crippen LogP contribution in [-0.2, 0) is 4.74 Å². The summed E-state index contributed by atoms with van der Waals surface area (Å²) in [5.41, 5.74) is 1.10. The van der Waals surface area contributed by atoms with Gasteiger partial charge in [-0.25, -0.2) is 0 Å². The summed E-state index contributed by atoms with van der Waals surface area (Å²) in [4.78, 5) is 0. The van der Waals surface area contributed by atoms with Crippen LogP contribution in [0.2, 0.25) is 0 Å². The Kier molecular flexibility index (Phi) is 3.09. The topological polar surface area (TPSA) is 18.5 Å². The van der Waals surface area contributed by atoms with E-state index in [-0.39, 0.29) is 11.7 Å². The van der Waals surface area contributed by atoms with E-state index in [1.807, 2.05) is 6.07 Å². The second-order valence-corrected chi connectivity index (χ2v) is 6.89. The van der Waals surface area contributed by atoms with Gasteiger partial charge in [0.25, 0.3) is 0 Å². The highest BCUT2D eigenvalue weighted by molar-refractivity contribution is 5.39. The largest absolute Gasteiger partial charge is 0.487 e. The van der Waals surface area contributed by atoms with Crippen molar-refractivity contribution >= 4 is 0 Å². The molecule has 0 N–H and O–H groups in total. The quantitative estimate of drug-likeness (QED) is 0.787. The van der Waals surface area contributed by atoms with Gasteiger partial charge in [0.2, 0.25) is 0 Å². The van der Waals surface area contributed by atoms with E-state index in [2.05, 4.69) is 45.9 Å². The van der Waals surface area contributed by atoms with Crippen LogP contribution in [0.15, 0.2) is 24.3 Å². The molecule has 19 heavy (non-hydrogen) atoms. The van der Waals surface area contributed by atoms with Crippen molar-refractivity contribution in [2.24, 2.45) is 11.8 Å². The standard InChI is InChI=1S/C17H24O2/c1-11(2)9-12-10-14-16(18-12)13-7-5-6-8-15(13)19-17(14,3)4/h5-8,11-12,14,16H,9-10H2,1-4H3. The maximum atomic E-state index is 6.36. The van der Waals surface area contributed by atoms with Crippen molar-refractivity contribution in [3.05, 3.63) is 29.8 Å². The van der Waals surface area contributed by atoms with Crippen molar-refractivity contribution in [3.8, 4) is 5.75 Å². The molecule has 1 aromatic rings. The molecular formula is C17H24O2. The van der Waals surface area contributed by atoms with Gasteiger partial charge in [-0.3, -0.25) is 0 Å². The zero-order valence-electron chi connectivity index (χ0n) is 12.3. The van der Waals surface area contributed by atoms with Crippen molar-refractivity contribution in [3.63, 3.8) is 0 Å². The molecule has 0 amide bonds. The van der Waals surface area contributed by atoms with E-state index in [9.17, 15) is 0 Å². The van der Waals surface area contributed by atoms with Crippen molar-refractivity contribution < 1.29 is 9.47 Å². The maximum absolute atomic E-state index is 6.36. The lowest BCUT2D eigenvalue weighted by Crippen LogP contribution is -2.42. The van der Waals surface area contributed by atoms with Gasteiger partial charge >= 0.3 is 0 Å². The Morgan fingerprint density at radius 1 is 1.26 bits per heavy atom. The molecule has 1 saturated heterocycles. The Labute approximate surface area is 116 Å². The second-order valence-electron chi connectivity index (χ2n) is 6.89. The molecule has 3 rings (SSSR count). The normalized spacial score (nSPS) is 31.7. The first-order chi connectivity index (χ1) is 8.97. The molecule has 2 aliphatic heterocycles. The lowest BCUT2D eigenvalue weighted by Gasteiger charge is -2.40. The summed E-state index contributed by atoms with van der Waals surface area (Å²) in [5, 5.41) is 0. The number of hydrogen-bond donors (Lipinski definition) is 0. The fraction of sp³-hybridized carbons (Fsp3) is 0.647. The number of benzene rings is 1. The lowest BCUT2D eigenvalue weighted by atomic mass is 9.78. The van der Waals surface area contributed by atoms with Crippen molar-refractivity contribution in [2.45, 2.75) is 58.3 Å². The van der Waals surface area contributed by atoms with Crippen LogP contribution >= 0.6 is 0 Å². The summed E-state index contributed by atoms with van der Waals surface area (Å²) in [6.45, 7) is 8.92. The number of ether oxygens (including phenoxy) is 2. The van der Waals surface area contributed by atoms with Crippen molar-refractivity contribution in [2.75, 3.05) is 0 Å². The van der Waals surface area contributed by atoms with E-state index >= 15 is 0 Å². The molecule has 2 aliphatic rings. The molecule has 0 aromatic heterocycles. The monoisotopic (exact) mass is 260 g/mol. The molecule has 0 bridgehead atoms. The van der Waals surface area contributed by atoms with Gasteiger partial charge in [0.05, 0.1) is 12.2 Å². The average molecular weight is 260 g/mol. The molecule has 2 heteroatoms. The summed E-state index contributed by atoms with van der Waals surface area (Å²) in [6.07, 6.45) is 2.85. The average Bonchev–Trinajstić information content (AvgIpc) is 2.72. The minimum atomic E-state index is -0.134. The Bertz CT molecular complexity index is 464. The van der Waals surface area contributed by atoms with Crippen molar-refractivity contribution in [1.82, 2.24) is 0 Å². The Hall–Kier alpha value is -1.02. The predicted molar refractivity (Wildman–Crippen MR) is 76.3 cm³/mol. The van der Waals surface area contributed by atoms with Gasteiger partial charge in [-0.05, 0) is 38.7 Å². The van der Waals surface area contributed by atoms with Crippen LogP contribution in [-0.4, -0.2) is 11.7 Å². The Morgan fingerprint density at radius 2 is 2.00 bits per heavy atom. The van der Waals surface area contributed by atoms with E-state index in [0.717, 1.165) is 18.6 Å². The third-order valence-corrected chi connectivity index (χ3v) is 4.45. The molecule has 0 radical (unpaired) electrons. The van der Waals surface area contributed by atoms with Crippen LogP contribution in [0.25, 0.3) is 0 Å². The number of fused-ring (bicyclic) bond motifs is 3. The molecule has 0 saturated carbocycles. The molecule has 0 spiro atoms. The lowest BCUT2D eigenvalue weighted by molar-refractivity contribution is -0.0439. The first kappa shape index (κ1) is 13.0. The summed E-state index contributed by atoms with van der Waals surface area (Å²) < 4.78 is 12.6. The molecule has 2 heterocycles. The number of para-hydroxylation sites is 1. The van der Waals surface area contributed by atoms with E-state index < -0.39 is 0 Å². The molecule has 3 unspecified atom stereocenters. The fourth-order valence-corrected chi connectivity index (χ4v) is 3.55. The highest BCUT2D eigenvalue weighted by Gasteiger charge is 2.49. The number of hydrogen-bond acceptors (Lipinski definition) is 2. The minimum Gasteiger partial charge on any atom is -0.487 e. The van der Waals surface area contributed by atoms with E-state index in [0.29, 0.717) is 17.9 Å². The van der Waals surface area contributed by atoms with E-state index in [4.69, 9.17) is 9.47 Å². The molecule has 0 aliphatic carbocycles. The fourth-order valence-electron chi connectivity index (χ4n) is 3.55.